The van der Waals surface area contributed by atoms with E-state index in [1.807, 2.05) is 6.07 Å². The van der Waals surface area contributed by atoms with Gasteiger partial charge in [0.15, 0.2) is 0 Å². The van der Waals surface area contributed by atoms with Crippen LogP contribution in [0.15, 0.2) is 23.1 Å². The highest BCUT2D eigenvalue weighted by atomic mass is 32.2. The summed E-state index contributed by atoms with van der Waals surface area (Å²) in [5, 5.41) is 12.2. The molecule has 0 bridgehead atoms. The third-order valence-corrected chi connectivity index (χ3v) is 5.33. The molecule has 0 atom stereocenters. The van der Waals surface area contributed by atoms with Crippen LogP contribution in [0.3, 0.4) is 0 Å². The zero-order chi connectivity index (χ0) is 13.9. The number of aliphatic hydroxyl groups excluding tert-OH is 1. The summed E-state index contributed by atoms with van der Waals surface area (Å²) >= 11 is 0. The second-order valence-electron chi connectivity index (χ2n) is 4.57. The number of anilines is 1. The largest absolute Gasteiger partial charge is 0.395 e. The molecule has 6 heteroatoms. The van der Waals surface area contributed by atoms with Gasteiger partial charge in [-0.15, -0.1) is 0 Å². The van der Waals surface area contributed by atoms with E-state index in [-0.39, 0.29) is 13.2 Å². The zero-order valence-corrected chi connectivity index (χ0v) is 11.9. The molecule has 0 saturated carbocycles. The number of rotatable bonds is 5. The fraction of sp³-hybridized carbons (Fsp3) is 0.538. The zero-order valence-electron chi connectivity index (χ0n) is 11.1. The smallest absolute Gasteiger partial charge is 0.243 e. The maximum absolute atomic E-state index is 12.4. The first kappa shape index (κ1) is 14.3. The number of likely N-dealkylation sites (N-methyl/N-ethyl adjacent to an activating group) is 1. The summed E-state index contributed by atoms with van der Waals surface area (Å²) in [4.78, 5) is 0.310. The number of hydrogen-bond donors (Lipinski definition) is 2. The fourth-order valence-corrected chi connectivity index (χ4v) is 3.81. The monoisotopic (exact) mass is 284 g/mol. The van der Waals surface area contributed by atoms with E-state index < -0.39 is 10.0 Å². The van der Waals surface area contributed by atoms with Crippen molar-refractivity contribution in [2.45, 2.75) is 24.7 Å². The molecule has 0 aliphatic carbocycles. The number of aryl methyl sites for hydroxylation is 1. The molecule has 106 valence electrons. The Labute approximate surface area is 114 Å². The first-order valence-corrected chi connectivity index (χ1v) is 8.01. The molecule has 5 nitrogen and oxygen atoms in total. The molecule has 1 aliphatic heterocycles. The summed E-state index contributed by atoms with van der Waals surface area (Å²) in [6.45, 7) is 3.03. The molecule has 1 aromatic rings. The van der Waals surface area contributed by atoms with E-state index >= 15 is 0 Å². The normalized spacial score (nSPS) is 15.1. The molecule has 0 saturated heterocycles. The molecule has 1 aliphatic rings. The molecule has 0 amide bonds. The molecule has 2 rings (SSSR count). The first-order chi connectivity index (χ1) is 9.09. The Bertz CT molecular complexity index is 543. The number of nitrogens with zero attached hydrogens (tertiary/aromatic N) is 1. The quantitative estimate of drug-likeness (QED) is 0.848. The van der Waals surface area contributed by atoms with Crippen LogP contribution in [0.4, 0.5) is 5.69 Å². The van der Waals surface area contributed by atoms with Crippen molar-refractivity contribution in [3.8, 4) is 0 Å². The summed E-state index contributed by atoms with van der Waals surface area (Å²) in [5.41, 5.74) is 2.07. The molecule has 0 unspecified atom stereocenters. The lowest BCUT2D eigenvalue weighted by Gasteiger charge is -2.22. The van der Waals surface area contributed by atoms with Crippen molar-refractivity contribution in [2.75, 3.05) is 31.6 Å². The molecule has 1 aromatic carbocycles. The van der Waals surface area contributed by atoms with Gasteiger partial charge >= 0.3 is 0 Å². The minimum Gasteiger partial charge on any atom is -0.395 e. The Morgan fingerprint density at radius 3 is 2.89 bits per heavy atom. The SMILES string of the molecule is CCN(CCO)S(=O)(=O)c1ccc2c(c1)CCCN2. The highest BCUT2D eigenvalue weighted by molar-refractivity contribution is 7.89. The van der Waals surface area contributed by atoms with Crippen LogP contribution in [0, 0.1) is 0 Å². The topological polar surface area (TPSA) is 69.6 Å². The van der Waals surface area contributed by atoms with Crippen LogP contribution in [-0.2, 0) is 16.4 Å². The van der Waals surface area contributed by atoms with Crippen molar-refractivity contribution in [3.05, 3.63) is 23.8 Å². The van der Waals surface area contributed by atoms with Gasteiger partial charge in [-0.1, -0.05) is 6.92 Å². The van der Waals surface area contributed by atoms with E-state index in [9.17, 15) is 8.42 Å². The molecule has 19 heavy (non-hydrogen) atoms. The highest BCUT2D eigenvalue weighted by Crippen LogP contribution is 2.26. The van der Waals surface area contributed by atoms with Crippen LogP contribution in [0.5, 0.6) is 0 Å². The Kier molecular flexibility index (Phi) is 4.44. The second-order valence-corrected chi connectivity index (χ2v) is 6.51. The van der Waals surface area contributed by atoms with Crippen LogP contribution >= 0.6 is 0 Å². The molecule has 0 fully saturated rings. The van der Waals surface area contributed by atoms with Crippen LogP contribution in [0.25, 0.3) is 0 Å². The maximum Gasteiger partial charge on any atom is 0.243 e. The van der Waals surface area contributed by atoms with E-state index in [4.69, 9.17) is 5.11 Å². The fourth-order valence-electron chi connectivity index (χ4n) is 2.32. The summed E-state index contributed by atoms with van der Waals surface area (Å²) < 4.78 is 26.2. The van der Waals surface area contributed by atoms with Gasteiger partial charge in [0.1, 0.15) is 0 Å². The molecule has 0 radical (unpaired) electrons. The van der Waals surface area contributed by atoms with E-state index in [1.165, 1.54) is 4.31 Å². The summed E-state index contributed by atoms with van der Waals surface area (Å²) in [6, 6.07) is 5.21. The summed E-state index contributed by atoms with van der Waals surface area (Å²) in [7, 11) is -3.50. The predicted octanol–water partition coefficient (Wildman–Crippen LogP) is 1.05. The number of aliphatic hydroxyl groups is 1. The standard InChI is InChI=1S/C13H20N2O3S/c1-2-15(8-9-16)19(17,18)12-5-6-13-11(10-12)4-3-7-14-13/h5-6,10,14,16H,2-4,7-9H2,1H3. The van der Waals surface area contributed by atoms with E-state index in [0.717, 1.165) is 30.6 Å². The van der Waals surface area contributed by atoms with Crippen molar-refractivity contribution < 1.29 is 13.5 Å². The predicted molar refractivity (Wildman–Crippen MR) is 74.8 cm³/mol. The van der Waals surface area contributed by atoms with E-state index in [1.54, 1.807) is 19.1 Å². The maximum atomic E-state index is 12.4. The van der Waals surface area contributed by atoms with Gasteiger partial charge in [0.2, 0.25) is 10.0 Å². The van der Waals surface area contributed by atoms with E-state index in [0.29, 0.717) is 11.4 Å². The van der Waals surface area contributed by atoms with Gasteiger partial charge < -0.3 is 10.4 Å². The van der Waals surface area contributed by atoms with Gasteiger partial charge in [-0.05, 0) is 36.6 Å². The number of sulfonamides is 1. The Morgan fingerprint density at radius 2 is 2.21 bits per heavy atom. The minimum absolute atomic E-state index is 0.133. The van der Waals surface area contributed by atoms with Crippen molar-refractivity contribution in [2.24, 2.45) is 0 Å². The van der Waals surface area contributed by atoms with Gasteiger partial charge in [-0.2, -0.15) is 4.31 Å². The third-order valence-electron chi connectivity index (χ3n) is 3.35. The van der Waals surface area contributed by atoms with Crippen LogP contribution in [0.1, 0.15) is 18.9 Å². The van der Waals surface area contributed by atoms with Gasteiger partial charge in [-0.3, -0.25) is 0 Å². The highest BCUT2D eigenvalue weighted by Gasteiger charge is 2.23. The van der Waals surface area contributed by atoms with Gasteiger partial charge in [0, 0.05) is 25.3 Å². The average Bonchev–Trinajstić information content (AvgIpc) is 2.44. The number of benzene rings is 1. The first-order valence-electron chi connectivity index (χ1n) is 6.57. The lowest BCUT2D eigenvalue weighted by molar-refractivity contribution is 0.257. The molecule has 0 spiro atoms. The number of hydrogen-bond acceptors (Lipinski definition) is 4. The summed E-state index contributed by atoms with van der Waals surface area (Å²) in [6.07, 6.45) is 1.92. The Hall–Kier alpha value is -1.11. The Morgan fingerprint density at radius 1 is 1.42 bits per heavy atom. The van der Waals surface area contributed by atoms with Crippen molar-refractivity contribution in [3.63, 3.8) is 0 Å². The molecule has 1 heterocycles. The number of fused-ring (bicyclic) bond motifs is 1. The van der Waals surface area contributed by atoms with Gasteiger partial charge in [0.05, 0.1) is 11.5 Å². The van der Waals surface area contributed by atoms with Crippen LogP contribution < -0.4 is 5.32 Å². The molecular formula is C13H20N2O3S. The van der Waals surface area contributed by atoms with Gasteiger partial charge in [-0.25, -0.2) is 8.42 Å². The van der Waals surface area contributed by atoms with Crippen molar-refractivity contribution in [1.82, 2.24) is 4.31 Å². The van der Waals surface area contributed by atoms with Gasteiger partial charge in [0.25, 0.3) is 0 Å². The number of nitrogens with one attached hydrogen (secondary N) is 1. The van der Waals surface area contributed by atoms with Crippen LogP contribution in [-0.4, -0.2) is 44.1 Å². The van der Waals surface area contributed by atoms with Crippen LogP contribution in [0.2, 0.25) is 0 Å². The molecule has 0 aromatic heterocycles. The third kappa shape index (κ3) is 2.91. The second kappa shape index (κ2) is 5.90. The molecule has 2 N–H and O–H groups in total. The lowest BCUT2D eigenvalue weighted by atomic mass is 10.0. The van der Waals surface area contributed by atoms with E-state index in [2.05, 4.69) is 5.32 Å². The summed E-state index contributed by atoms with van der Waals surface area (Å²) in [5.74, 6) is 0. The van der Waals surface area contributed by atoms with Crippen molar-refractivity contribution >= 4 is 15.7 Å². The molecular weight excluding hydrogens is 264 g/mol. The van der Waals surface area contributed by atoms with Crippen molar-refractivity contribution in [1.29, 1.82) is 0 Å². The minimum atomic E-state index is -3.50. The lowest BCUT2D eigenvalue weighted by Crippen LogP contribution is -2.33. The average molecular weight is 284 g/mol. The Balaban J connectivity index is 2.35.